The first-order chi connectivity index (χ1) is 12.9. The Kier molecular flexibility index (Phi) is 4.34. The van der Waals surface area contributed by atoms with Crippen molar-refractivity contribution in [2.75, 3.05) is 31.1 Å². The number of carbonyl (C=O) groups excluding carboxylic acids is 1. The summed E-state index contributed by atoms with van der Waals surface area (Å²) >= 11 is 0. The maximum absolute atomic E-state index is 12.3. The zero-order chi connectivity index (χ0) is 19.0. The third kappa shape index (κ3) is 3.52. The minimum atomic E-state index is -0.471. The van der Waals surface area contributed by atoms with Crippen LogP contribution in [0, 0.1) is 0 Å². The zero-order valence-corrected chi connectivity index (χ0v) is 16.0. The summed E-state index contributed by atoms with van der Waals surface area (Å²) in [6, 6.07) is 10.2. The Morgan fingerprint density at radius 2 is 1.67 bits per heavy atom. The molecule has 1 aromatic carbocycles. The van der Waals surface area contributed by atoms with Crippen molar-refractivity contribution in [2.45, 2.75) is 26.4 Å². The highest BCUT2D eigenvalue weighted by molar-refractivity contribution is 6.09. The number of hydrogen-bond donors (Lipinski definition) is 0. The van der Waals surface area contributed by atoms with E-state index in [0.29, 0.717) is 13.1 Å². The van der Waals surface area contributed by atoms with Gasteiger partial charge in [0, 0.05) is 55.0 Å². The second-order valence-corrected chi connectivity index (χ2v) is 7.82. The Labute approximate surface area is 158 Å². The van der Waals surface area contributed by atoms with Crippen LogP contribution in [0.15, 0.2) is 42.7 Å². The lowest BCUT2D eigenvalue weighted by atomic mass is 10.1. The summed E-state index contributed by atoms with van der Waals surface area (Å²) in [7, 11) is 0. The molecule has 140 valence electrons. The quantitative estimate of drug-likeness (QED) is 0.614. The smallest absolute Gasteiger partial charge is 0.410 e. The lowest BCUT2D eigenvalue weighted by Crippen LogP contribution is -2.50. The molecule has 6 heteroatoms. The van der Waals surface area contributed by atoms with Crippen LogP contribution in [0.4, 0.5) is 10.5 Å². The van der Waals surface area contributed by atoms with Gasteiger partial charge < -0.3 is 14.5 Å². The molecule has 0 unspecified atom stereocenters. The molecule has 1 aliphatic rings. The molecule has 1 fully saturated rings. The molecule has 4 rings (SSSR count). The Bertz CT molecular complexity index is 988. The van der Waals surface area contributed by atoms with Crippen LogP contribution >= 0.6 is 0 Å². The number of aromatic nitrogens is 2. The highest BCUT2D eigenvalue weighted by atomic mass is 16.6. The zero-order valence-electron chi connectivity index (χ0n) is 16.0. The number of fused-ring (bicyclic) bond motifs is 3. The molecule has 0 radical (unpaired) electrons. The highest BCUT2D eigenvalue weighted by Gasteiger charge is 2.26. The molecule has 1 saturated heterocycles. The van der Waals surface area contributed by atoms with Gasteiger partial charge >= 0.3 is 6.09 Å². The first-order valence-electron chi connectivity index (χ1n) is 9.28. The largest absolute Gasteiger partial charge is 0.444 e. The summed E-state index contributed by atoms with van der Waals surface area (Å²) in [6.07, 6.45) is 3.37. The summed E-state index contributed by atoms with van der Waals surface area (Å²) in [4.78, 5) is 25.5. The molecular weight excluding hydrogens is 340 g/mol. The second-order valence-electron chi connectivity index (χ2n) is 7.82. The van der Waals surface area contributed by atoms with Crippen LogP contribution in [0.5, 0.6) is 0 Å². The van der Waals surface area contributed by atoms with E-state index in [1.54, 1.807) is 17.3 Å². The molecule has 0 N–H and O–H groups in total. The molecule has 1 aliphatic heterocycles. The summed E-state index contributed by atoms with van der Waals surface area (Å²) in [5.74, 6) is 0. The fourth-order valence-corrected chi connectivity index (χ4v) is 3.48. The van der Waals surface area contributed by atoms with Gasteiger partial charge in [-0.25, -0.2) is 4.79 Å². The Balaban J connectivity index is 1.61. The number of carbonyl (C=O) groups is 1. The molecule has 6 nitrogen and oxygen atoms in total. The van der Waals surface area contributed by atoms with Gasteiger partial charge in [-0.3, -0.25) is 9.97 Å². The molecule has 0 saturated carbocycles. The maximum atomic E-state index is 12.3. The molecule has 0 spiro atoms. The molecule has 0 atom stereocenters. The van der Waals surface area contributed by atoms with Gasteiger partial charge in [0.25, 0.3) is 0 Å². The van der Waals surface area contributed by atoms with Crippen molar-refractivity contribution in [3.63, 3.8) is 0 Å². The minimum Gasteiger partial charge on any atom is -0.444 e. The predicted molar refractivity (Wildman–Crippen MR) is 107 cm³/mol. The van der Waals surface area contributed by atoms with E-state index in [4.69, 9.17) is 4.74 Å². The Morgan fingerprint density at radius 1 is 1.00 bits per heavy atom. The van der Waals surface area contributed by atoms with Gasteiger partial charge in [0.1, 0.15) is 5.60 Å². The minimum absolute atomic E-state index is 0.239. The fourth-order valence-electron chi connectivity index (χ4n) is 3.48. The number of anilines is 1. The van der Waals surface area contributed by atoms with Crippen molar-refractivity contribution >= 4 is 33.6 Å². The Morgan fingerprint density at radius 3 is 2.37 bits per heavy atom. The number of piperazine rings is 1. The maximum Gasteiger partial charge on any atom is 0.410 e. The number of amides is 1. The van der Waals surface area contributed by atoms with Gasteiger partial charge in [-0.1, -0.05) is 6.07 Å². The van der Waals surface area contributed by atoms with E-state index in [2.05, 4.69) is 33.1 Å². The van der Waals surface area contributed by atoms with Gasteiger partial charge in [-0.2, -0.15) is 0 Å². The first-order valence-corrected chi connectivity index (χ1v) is 9.28. The average molecular weight is 364 g/mol. The SMILES string of the molecule is CC(C)(C)OC(=O)N1CCN(c2cc3cccnc3c3ncccc23)CC1. The fraction of sp³-hybridized carbons (Fsp3) is 0.381. The number of hydrogen-bond acceptors (Lipinski definition) is 5. The van der Waals surface area contributed by atoms with Crippen LogP contribution in [0.3, 0.4) is 0 Å². The van der Waals surface area contributed by atoms with Crippen LogP contribution in [0.25, 0.3) is 21.8 Å². The van der Waals surface area contributed by atoms with E-state index >= 15 is 0 Å². The third-order valence-corrected chi connectivity index (χ3v) is 4.71. The average Bonchev–Trinajstić information content (AvgIpc) is 2.66. The van der Waals surface area contributed by atoms with Gasteiger partial charge in [-0.05, 0) is 45.0 Å². The van der Waals surface area contributed by atoms with Crippen LogP contribution in [-0.2, 0) is 4.74 Å². The van der Waals surface area contributed by atoms with Crippen LogP contribution in [-0.4, -0.2) is 52.7 Å². The Hall–Kier alpha value is -2.89. The monoisotopic (exact) mass is 364 g/mol. The molecule has 0 bridgehead atoms. The van der Waals surface area contributed by atoms with E-state index in [0.717, 1.165) is 40.6 Å². The predicted octanol–water partition coefficient (Wildman–Crippen LogP) is 3.84. The summed E-state index contributed by atoms with van der Waals surface area (Å²) < 4.78 is 5.50. The molecule has 1 amide bonds. The lowest BCUT2D eigenvalue weighted by Gasteiger charge is -2.37. The summed E-state index contributed by atoms with van der Waals surface area (Å²) in [6.45, 7) is 8.48. The molecular formula is C21H24N4O2. The van der Waals surface area contributed by atoms with Gasteiger partial charge in [0.15, 0.2) is 0 Å². The molecule has 27 heavy (non-hydrogen) atoms. The van der Waals surface area contributed by atoms with Crippen LogP contribution < -0.4 is 4.90 Å². The van der Waals surface area contributed by atoms with Crippen LogP contribution in [0.1, 0.15) is 20.8 Å². The third-order valence-electron chi connectivity index (χ3n) is 4.71. The van der Waals surface area contributed by atoms with Crippen molar-refractivity contribution in [1.29, 1.82) is 0 Å². The van der Waals surface area contributed by atoms with Crippen LogP contribution in [0.2, 0.25) is 0 Å². The number of ether oxygens (including phenoxy) is 1. The normalized spacial score (nSPS) is 15.4. The van der Waals surface area contributed by atoms with Crippen molar-refractivity contribution in [3.8, 4) is 0 Å². The van der Waals surface area contributed by atoms with Gasteiger partial charge in [0.05, 0.1) is 11.0 Å². The van der Waals surface area contributed by atoms with Crippen molar-refractivity contribution < 1.29 is 9.53 Å². The number of nitrogens with zero attached hydrogens (tertiary/aromatic N) is 4. The van der Waals surface area contributed by atoms with E-state index in [1.807, 2.05) is 32.9 Å². The lowest BCUT2D eigenvalue weighted by molar-refractivity contribution is 0.0241. The van der Waals surface area contributed by atoms with Crippen molar-refractivity contribution in [2.24, 2.45) is 0 Å². The van der Waals surface area contributed by atoms with E-state index in [9.17, 15) is 4.79 Å². The van der Waals surface area contributed by atoms with E-state index in [-0.39, 0.29) is 6.09 Å². The second kappa shape index (κ2) is 6.68. The first kappa shape index (κ1) is 17.5. The number of benzene rings is 1. The van der Waals surface area contributed by atoms with E-state index in [1.165, 1.54) is 0 Å². The van der Waals surface area contributed by atoms with Gasteiger partial charge in [-0.15, -0.1) is 0 Å². The molecule has 2 aromatic heterocycles. The van der Waals surface area contributed by atoms with Crippen molar-refractivity contribution in [3.05, 3.63) is 42.7 Å². The highest BCUT2D eigenvalue weighted by Crippen LogP contribution is 2.32. The summed E-state index contributed by atoms with van der Waals surface area (Å²) in [5, 5.41) is 2.17. The molecule has 0 aliphatic carbocycles. The number of pyridine rings is 2. The summed E-state index contributed by atoms with van der Waals surface area (Å²) in [5.41, 5.74) is 2.51. The topological polar surface area (TPSA) is 58.6 Å². The van der Waals surface area contributed by atoms with Crippen molar-refractivity contribution in [1.82, 2.24) is 14.9 Å². The standard InChI is InChI=1S/C21H24N4O2/c1-21(2,3)27-20(26)25-12-10-24(11-13-25)17-14-15-6-4-8-22-18(15)19-16(17)7-5-9-23-19/h4-9,14H,10-13H2,1-3H3. The number of rotatable bonds is 1. The molecule has 3 heterocycles. The van der Waals surface area contributed by atoms with E-state index < -0.39 is 5.60 Å². The molecule has 3 aromatic rings. The van der Waals surface area contributed by atoms with Gasteiger partial charge in [0.2, 0.25) is 0 Å².